The van der Waals surface area contributed by atoms with Gasteiger partial charge in [0.1, 0.15) is 0 Å². The highest BCUT2D eigenvalue weighted by molar-refractivity contribution is 6.32. The van der Waals surface area contributed by atoms with Gasteiger partial charge in [-0.3, -0.25) is 19.4 Å². The lowest BCUT2D eigenvalue weighted by molar-refractivity contribution is -0.0362. The summed E-state index contributed by atoms with van der Waals surface area (Å²) in [6, 6.07) is 4.82. The molecule has 0 aliphatic carbocycles. The van der Waals surface area contributed by atoms with E-state index in [1.54, 1.807) is 18.2 Å². The predicted octanol–water partition coefficient (Wildman–Crippen LogP) is 3.59. The van der Waals surface area contributed by atoms with Gasteiger partial charge >= 0.3 is 0 Å². The van der Waals surface area contributed by atoms with E-state index >= 15 is 0 Å². The molecule has 1 aromatic carbocycles. The largest absolute Gasteiger partial charge is 0.296 e. The van der Waals surface area contributed by atoms with Gasteiger partial charge in [0.05, 0.1) is 11.1 Å². The Balaban J connectivity index is 1.97. The molecule has 0 unspecified atom stereocenters. The molecule has 2 heterocycles. The van der Waals surface area contributed by atoms with E-state index in [2.05, 4.69) is 39.6 Å². The molecule has 5 heteroatoms. The van der Waals surface area contributed by atoms with Gasteiger partial charge in [-0.15, -0.1) is 0 Å². The number of nitrogens with zero attached hydrogens (tertiary/aromatic N) is 2. The second kappa shape index (κ2) is 5.05. The number of amides is 2. The van der Waals surface area contributed by atoms with Crippen LogP contribution in [0.3, 0.4) is 0 Å². The van der Waals surface area contributed by atoms with E-state index in [9.17, 15) is 9.59 Å². The molecular formula is C18H23ClN2O2. The first-order chi connectivity index (χ1) is 10.5. The fraction of sp³-hybridized carbons (Fsp3) is 0.556. The lowest BCUT2D eigenvalue weighted by Crippen LogP contribution is -2.63. The van der Waals surface area contributed by atoms with Crippen LogP contribution in [0.5, 0.6) is 0 Å². The molecule has 2 aliphatic heterocycles. The van der Waals surface area contributed by atoms with Gasteiger partial charge in [-0.25, -0.2) is 0 Å². The Morgan fingerprint density at radius 1 is 1.00 bits per heavy atom. The summed E-state index contributed by atoms with van der Waals surface area (Å²) >= 11 is 5.99. The number of imide groups is 1. The van der Waals surface area contributed by atoms with Crippen molar-refractivity contribution in [2.24, 2.45) is 0 Å². The summed E-state index contributed by atoms with van der Waals surface area (Å²) in [6.07, 6.45) is 1.54. The molecule has 2 aliphatic rings. The fourth-order valence-electron chi connectivity index (χ4n) is 4.06. The molecule has 4 nitrogen and oxygen atoms in total. The number of hydrogen-bond acceptors (Lipinski definition) is 3. The van der Waals surface area contributed by atoms with Crippen LogP contribution in [0, 0.1) is 0 Å². The van der Waals surface area contributed by atoms with Crippen molar-refractivity contribution in [2.45, 2.75) is 57.7 Å². The average molecular weight is 335 g/mol. The zero-order chi connectivity index (χ0) is 17.2. The molecule has 0 bridgehead atoms. The smallest absolute Gasteiger partial charge is 0.261 e. The van der Waals surface area contributed by atoms with Crippen LogP contribution in [0.1, 0.15) is 61.3 Å². The van der Waals surface area contributed by atoms with E-state index in [-0.39, 0.29) is 28.9 Å². The van der Waals surface area contributed by atoms with Crippen molar-refractivity contribution in [1.29, 1.82) is 0 Å². The number of hydrogen-bond donors (Lipinski definition) is 0. The normalized spacial score (nSPS) is 24.2. The molecular weight excluding hydrogens is 312 g/mol. The van der Waals surface area contributed by atoms with Crippen molar-refractivity contribution in [1.82, 2.24) is 9.80 Å². The molecule has 0 spiro atoms. The van der Waals surface area contributed by atoms with Crippen molar-refractivity contribution < 1.29 is 9.59 Å². The van der Waals surface area contributed by atoms with E-state index in [1.807, 2.05) is 0 Å². The van der Waals surface area contributed by atoms with Crippen molar-refractivity contribution in [2.75, 3.05) is 7.05 Å². The van der Waals surface area contributed by atoms with E-state index in [0.717, 1.165) is 12.8 Å². The first-order valence-corrected chi connectivity index (χ1v) is 8.34. The third-order valence-electron chi connectivity index (χ3n) is 5.53. The molecule has 1 aromatic rings. The molecule has 0 radical (unpaired) electrons. The van der Waals surface area contributed by atoms with Crippen LogP contribution < -0.4 is 0 Å². The minimum absolute atomic E-state index is 0.0839. The van der Waals surface area contributed by atoms with Crippen LogP contribution in [0.25, 0.3) is 0 Å². The number of carbonyl (C=O) groups is 2. The number of likely N-dealkylation sites (tertiary alicyclic amines) is 1. The molecule has 124 valence electrons. The standard InChI is InChI=1S/C18H23ClN2O2/c1-17(2)9-12(10-18(3,4)20(17)5)21-15(22)13-7-6-11(19)8-14(13)16(21)23/h6-8,12H,9-10H2,1-5H3. The van der Waals surface area contributed by atoms with Crippen LogP contribution in [-0.4, -0.2) is 45.8 Å². The topological polar surface area (TPSA) is 40.6 Å². The number of benzene rings is 1. The van der Waals surface area contributed by atoms with Gasteiger partial charge in [-0.05, 0) is 65.8 Å². The van der Waals surface area contributed by atoms with Crippen LogP contribution in [0.15, 0.2) is 18.2 Å². The van der Waals surface area contributed by atoms with Crippen molar-refractivity contribution >= 4 is 23.4 Å². The first kappa shape index (κ1) is 16.5. The van der Waals surface area contributed by atoms with Gasteiger partial charge < -0.3 is 0 Å². The summed E-state index contributed by atoms with van der Waals surface area (Å²) in [4.78, 5) is 29.4. The Morgan fingerprint density at radius 3 is 2.09 bits per heavy atom. The molecule has 0 N–H and O–H groups in total. The summed E-state index contributed by atoms with van der Waals surface area (Å²) in [5.41, 5.74) is 0.727. The molecule has 0 atom stereocenters. The zero-order valence-electron chi connectivity index (χ0n) is 14.3. The van der Waals surface area contributed by atoms with Crippen molar-refractivity contribution in [3.05, 3.63) is 34.3 Å². The highest BCUT2D eigenvalue weighted by atomic mass is 35.5. The van der Waals surface area contributed by atoms with Crippen LogP contribution >= 0.6 is 11.6 Å². The Morgan fingerprint density at radius 2 is 1.52 bits per heavy atom. The van der Waals surface area contributed by atoms with Crippen LogP contribution in [0.4, 0.5) is 0 Å². The zero-order valence-corrected chi connectivity index (χ0v) is 15.1. The SMILES string of the molecule is CN1C(C)(C)CC(N2C(=O)c3ccc(Cl)cc3C2=O)CC1(C)C. The van der Waals surface area contributed by atoms with Gasteiger partial charge in [0.15, 0.2) is 0 Å². The average Bonchev–Trinajstić information content (AvgIpc) is 2.67. The Labute approximate surface area is 142 Å². The van der Waals surface area contributed by atoms with E-state index < -0.39 is 0 Å². The Bertz CT molecular complexity index is 678. The molecule has 0 aromatic heterocycles. The summed E-state index contributed by atoms with van der Waals surface area (Å²) in [7, 11) is 2.11. The maximum absolute atomic E-state index is 12.8. The molecule has 23 heavy (non-hydrogen) atoms. The third-order valence-corrected chi connectivity index (χ3v) is 5.77. The summed E-state index contributed by atoms with van der Waals surface area (Å²) in [6.45, 7) is 8.65. The van der Waals surface area contributed by atoms with Crippen molar-refractivity contribution in [3.63, 3.8) is 0 Å². The Kier molecular flexibility index (Phi) is 3.62. The van der Waals surface area contributed by atoms with Gasteiger partial charge in [-0.1, -0.05) is 11.6 Å². The first-order valence-electron chi connectivity index (χ1n) is 7.96. The minimum atomic E-state index is -0.214. The minimum Gasteiger partial charge on any atom is -0.296 e. The Hall–Kier alpha value is -1.39. The number of fused-ring (bicyclic) bond motifs is 1. The summed E-state index contributed by atoms with van der Waals surface area (Å²) in [5, 5.41) is 0.482. The third kappa shape index (κ3) is 2.48. The number of rotatable bonds is 1. The van der Waals surface area contributed by atoms with Crippen LogP contribution in [0.2, 0.25) is 5.02 Å². The molecule has 2 amide bonds. The summed E-state index contributed by atoms with van der Waals surface area (Å²) in [5.74, 6) is -0.406. The molecule has 1 saturated heterocycles. The van der Waals surface area contributed by atoms with Gasteiger partial charge in [0.25, 0.3) is 11.8 Å². The maximum atomic E-state index is 12.8. The highest BCUT2D eigenvalue weighted by Crippen LogP contribution is 2.41. The van der Waals surface area contributed by atoms with E-state index in [4.69, 9.17) is 11.6 Å². The van der Waals surface area contributed by atoms with Crippen LogP contribution in [-0.2, 0) is 0 Å². The highest BCUT2D eigenvalue weighted by Gasteiger charge is 2.49. The monoisotopic (exact) mass is 334 g/mol. The van der Waals surface area contributed by atoms with Gasteiger partial charge in [0.2, 0.25) is 0 Å². The number of halogens is 1. The number of piperidine rings is 1. The predicted molar refractivity (Wildman–Crippen MR) is 90.9 cm³/mol. The molecule has 0 saturated carbocycles. The fourth-order valence-corrected chi connectivity index (χ4v) is 4.24. The lowest BCUT2D eigenvalue weighted by atomic mass is 9.77. The van der Waals surface area contributed by atoms with Gasteiger partial charge in [0, 0.05) is 22.1 Å². The quantitative estimate of drug-likeness (QED) is 0.737. The summed E-state index contributed by atoms with van der Waals surface area (Å²) < 4.78 is 0. The van der Waals surface area contributed by atoms with E-state index in [0.29, 0.717) is 16.1 Å². The van der Waals surface area contributed by atoms with E-state index in [1.165, 1.54) is 4.90 Å². The second-order valence-electron chi connectivity index (χ2n) is 7.92. The molecule has 3 rings (SSSR count). The lowest BCUT2D eigenvalue weighted by Gasteiger charge is -2.54. The molecule has 1 fully saturated rings. The van der Waals surface area contributed by atoms with Gasteiger partial charge in [-0.2, -0.15) is 0 Å². The van der Waals surface area contributed by atoms with Crippen molar-refractivity contribution in [3.8, 4) is 0 Å². The maximum Gasteiger partial charge on any atom is 0.261 e. The number of carbonyl (C=O) groups excluding carboxylic acids is 2. The second-order valence-corrected chi connectivity index (χ2v) is 8.35.